The largest absolute Gasteiger partial charge is 0.361 e. The van der Waals surface area contributed by atoms with E-state index < -0.39 is 6.04 Å². The first kappa shape index (κ1) is 29.8. The highest BCUT2D eigenvalue weighted by Crippen LogP contribution is 2.25. The van der Waals surface area contributed by atoms with Gasteiger partial charge in [-0.15, -0.1) is 0 Å². The summed E-state index contributed by atoms with van der Waals surface area (Å²) in [6, 6.07) is 29.5. The number of carbonyl (C=O) groups is 2. The number of carbonyl (C=O) groups excluding carboxylic acids is 2. The van der Waals surface area contributed by atoms with Crippen LogP contribution in [0.5, 0.6) is 0 Å². The predicted octanol–water partition coefficient (Wildman–Crippen LogP) is 6.59. The normalized spacial score (nSPS) is 13.4. The van der Waals surface area contributed by atoms with Crippen molar-refractivity contribution in [2.75, 3.05) is 6.54 Å². The van der Waals surface area contributed by atoms with E-state index in [9.17, 15) is 9.59 Å². The number of hydrogen-bond acceptors (Lipinski definition) is 5. The summed E-state index contributed by atoms with van der Waals surface area (Å²) in [5.74, 6) is 0.333. The average Bonchev–Trinajstić information content (AvgIpc) is 3.41. The maximum Gasteiger partial charge on any atom is 0.247 e. The molecule has 0 fully saturated rings. The molecule has 1 aliphatic heterocycles. The minimum Gasteiger partial charge on any atom is -0.361 e. The summed E-state index contributed by atoms with van der Waals surface area (Å²) in [7, 11) is 0. The van der Waals surface area contributed by atoms with E-state index in [1.165, 1.54) is 11.6 Å². The smallest absolute Gasteiger partial charge is 0.247 e. The van der Waals surface area contributed by atoms with Crippen LogP contribution < -0.4 is 0 Å². The molecular weight excluding hydrogens is 560 g/mol. The van der Waals surface area contributed by atoms with Crippen molar-refractivity contribution in [2.45, 2.75) is 45.8 Å². The summed E-state index contributed by atoms with van der Waals surface area (Å²) >= 11 is 0. The van der Waals surface area contributed by atoms with Gasteiger partial charge in [0.15, 0.2) is 0 Å². The molecule has 7 nitrogen and oxygen atoms in total. The first-order valence-corrected chi connectivity index (χ1v) is 15.3. The Labute approximate surface area is 263 Å². The molecule has 6 rings (SSSR count). The Morgan fingerprint density at radius 3 is 2.27 bits per heavy atom. The zero-order chi connectivity index (χ0) is 31.2. The molecule has 45 heavy (non-hydrogen) atoms. The van der Waals surface area contributed by atoms with Gasteiger partial charge in [0.1, 0.15) is 11.8 Å². The van der Waals surface area contributed by atoms with Crippen LogP contribution in [-0.4, -0.2) is 44.3 Å². The summed E-state index contributed by atoms with van der Waals surface area (Å²) in [6.07, 6.45) is 8.01. The van der Waals surface area contributed by atoms with Gasteiger partial charge in [-0.3, -0.25) is 14.6 Å². The molecule has 0 aliphatic carbocycles. The lowest BCUT2D eigenvalue weighted by molar-refractivity contribution is -0.144. The molecule has 2 aromatic heterocycles. The van der Waals surface area contributed by atoms with Crippen LogP contribution in [0.15, 0.2) is 114 Å². The number of hydrogen-bond donors (Lipinski definition) is 0. The Morgan fingerprint density at radius 2 is 1.56 bits per heavy atom. The fourth-order valence-electron chi connectivity index (χ4n) is 5.93. The molecule has 2 amide bonds. The third-order valence-electron chi connectivity index (χ3n) is 8.46. The van der Waals surface area contributed by atoms with Crippen molar-refractivity contribution in [3.05, 3.63) is 149 Å². The van der Waals surface area contributed by atoms with Gasteiger partial charge >= 0.3 is 0 Å². The number of nitrogens with zero attached hydrogens (tertiary/aromatic N) is 4. The van der Waals surface area contributed by atoms with E-state index in [2.05, 4.69) is 22.3 Å². The summed E-state index contributed by atoms with van der Waals surface area (Å²) in [6.45, 7) is 5.08. The molecule has 1 atom stereocenters. The number of aromatic nitrogens is 2. The van der Waals surface area contributed by atoms with E-state index in [0.717, 1.165) is 39.8 Å². The highest BCUT2D eigenvalue weighted by atomic mass is 16.5. The van der Waals surface area contributed by atoms with Crippen molar-refractivity contribution in [1.82, 2.24) is 19.9 Å². The molecule has 1 aliphatic rings. The molecule has 0 spiro atoms. The summed E-state index contributed by atoms with van der Waals surface area (Å²) in [5.41, 5.74) is 7.94. The minimum atomic E-state index is -0.709. The van der Waals surface area contributed by atoms with E-state index in [4.69, 9.17) is 4.52 Å². The molecule has 226 valence electrons. The number of benzene rings is 3. The lowest BCUT2D eigenvalue weighted by Crippen LogP contribution is -2.52. The molecule has 3 aromatic carbocycles. The SMILES string of the molecule is Cc1noc(C)c1C=CC(=O)N(Cc1ccc(-c2ccncc2)cc1)C(Cc1ccccc1)C(=O)N1CCc2ccccc2C1. The van der Waals surface area contributed by atoms with Gasteiger partial charge in [-0.05, 0) is 71.9 Å². The van der Waals surface area contributed by atoms with Crippen LogP contribution >= 0.6 is 0 Å². The van der Waals surface area contributed by atoms with Crippen LogP contribution in [0.25, 0.3) is 17.2 Å². The van der Waals surface area contributed by atoms with Crippen LogP contribution in [-0.2, 0) is 35.5 Å². The van der Waals surface area contributed by atoms with Crippen LogP contribution in [0.4, 0.5) is 0 Å². The molecule has 0 saturated heterocycles. The third kappa shape index (κ3) is 6.93. The minimum absolute atomic E-state index is 0.0548. The second-order valence-electron chi connectivity index (χ2n) is 11.5. The first-order valence-electron chi connectivity index (χ1n) is 15.3. The van der Waals surface area contributed by atoms with E-state index in [1.807, 2.05) is 97.6 Å². The van der Waals surface area contributed by atoms with E-state index in [0.29, 0.717) is 31.0 Å². The van der Waals surface area contributed by atoms with E-state index in [-0.39, 0.29) is 18.4 Å². The van der Waals surface area contributed by atoms with Crippen molar-refractivity contribution in [2.24, 2.45) is 0 Å². The van der Waals surface area contributed by atoms with E-state index in [1.54, 1.807) is 23.4 Å². The van der Waals surface area contributed by atoms with Crippen molar-refractivity contribution in [3.63, 3.8) is 0 Å². The fraction of sp³-hybridized carbons (Fsp3) is 0.211. The lowest BCUT2D eigenvalue weighted by atomic mass is 9.97. The molecule has 0 bridgehead atoms. The quantitative estimate of drug-likeness (QED) is 0.179. The van der Waals surface area contributed by atoms with Gasteiger partial charge in [0.25, 0.3) is 0 Å². The summed E-state index contributed by atoms with van der Waals surface area (Å²) < 4.78 is 5.31. The van der Waals surface area contributed by atoms with Crippen molar-refractivity contribution in [1.29, 1.82) is 0 Å². The Bertz CT molecular complexity index is 1780. The summed E-state index contributed by atoms with van der Waals surface area (Å²) in [4.78, 5) is 36.4. The number of fused-ring (bicyclic) bond motifs is 1. The molecule has 0 N–H and O–H groups in total. The fourth-order valence-corrected chi connectivity index (χ4v) is 5.93. The molecule has 0 radical (unpaired) electrons. The highest BCUT2D eigenvalue weighted by Gasteiger charge is 2.34. The van der Waals surface area contributed by atoms with Gasteiger partial charge in [0.05, 0.1) is 5.69 Å². The molecule has 0 saturated carbocycles. The molecule has 1 unspecified atom stereocenters. The number of aryl methyl sites for hydroxylation is 2. The Hall–Kier alpha value is -5.30. The zero-order valence-electron chi connectivity index (χ0n) is 25.6. The van der Waals surface area contributed by atoms with Gasteiger partial charge in [-0.1, -0.05) is 84.0 Å². The van der Waals surface area contributed by atoms with Gasteiger partial charge in [0, 0.05) is 50.1 Å². The number of amides is 2. The van der Waals surface area contributed by atoms with Gasteiger partial charge in [-0.25, -0.2) is 0 Å². The van der Waals surface area contributed by atoms with Crippen LogP contribution in [0.3, 0.4) is 0 Å². The molecular formula is C38H36N4O3. The first-order chi connectivity index (χ1) is 22.0. The van der Waals surface area contributed by atoms with Crippen molar-refractivity contribution in [3.8, 4) is 11.1 Å². The van der Waals surface area contributed by atoms with Crippen molar-refractivity contribution < 1.29 is 14.1 Å². The average molecular weight is 597 g/mol. The predicted molar refractivity (Wildman–Crippen MR) is 175 cm³/mol. The van der Waals surface area contributed by atoms with Crippen molar-refractivity contribution >= 4 is 17.9 Å². The lowest BCUT2D eigenvalue weighted by Gasteiger charge is -2.37. The number of pyridine rings is 1. The third-order valence-corrected chi connectivity index (χ3v) is 8.46. The zero-order valence-corrected chi connectivity index (χ0v) is 25.6. The van der Waals surface area contributed by atoms with E-state index >= 15 is 0 Å². The van der Waals surface area contributed by atoms with Gasteiger partial charge in [-0.2, -0.15) is 0 Å². The second-order valence-corrected chi connectivity index (χ2v) is 11.5. The number of rotatable bonds is 9. The van der Waals surface area contributed by atoms with Gasteiger partial charge in [0.2, 0.25) is 11.8 Å². The second kappa shape index (κ2) is 13.6. The highest BCUT2D eigenvalue weighted by molar-refractivity contribution is 5.96. The van der Waals surface area contributed by atoms with Crippen LogP contribution in [0, 0.1) is 13.8 Å². The Balaban J connectivity index is 1.35. The monoisotopic (exact) mass is 596 g/mol. The Kier molecular flexibility index (Phi) is 8.96. The summed E-state index contributed by atoms with van der Waals surface area (Å²) in [5, 5.41) is 4.02. The Morgan fingerprint density at radius 1 is 0.867 bits per heavy atom. The van der Waals surface area contributed by atoms with Crippen LogP contribution in [0.2, 0.25) is 0 Å². The maximum atomic E-state index is 14.5. The molecule has 7 heteroatoms. The van der Waals surface area contributed by atoms with Gasteiger partial charge < -0.3 is 14.3 Å². The standard InChI is InChI=1S/C38H36N4O3/c1-27-35(28(2)45-40-27)16-17-37(43)42(25-30-12-14-32(15-13-30)33-18-21-39-22-19-33)36(24-29-8-4-3-5-9-29)38(44)41-23-20-31-10-6-7-11-34(31)26-41/h3-19,21-22,36H,20,23-26H2,1-2H3. The molecule has 3 heterocycles. The molecule has 5 aromatic rings. The maximum absolute atomic E-state index is 14.5. The van der Waals surface area contributed by atoms with Crippen LogP contribution in [0.1, 0.15) is 39.3 Å². The topological polar surface area (TPSA) is 79.5 Å².